The number of nitrogens with zero attached hydrogens (tertiary/aromatic N) is 2. The Morgan fingerprint density at radius 2 is 2.22 bits per heavy atom. The Morgan fingerprint density at radius 3 is 2.72 bits per heavy atom. The molecule has 1 rings (SSSR count). The summed E-state index contributed by atoms with van der Waals surface area (Å²) in [5.74, 6) is -0.780. The Labute approximate surface area is 105 Å². The van der Waals surface area contributed by atoms with Crippen molar-refractivity contribution in [2.45, 2.75) is 20.3 Å². The molecule has 18 heavy (non-hydrogen) atoms. The van der Waals surface area contributed by atoms with Crippen LogP contribution in [0.4, 0.5) is 5.69 Å². The summed E-state index contributed by atoms with van der Waals surface area (Å²) >= 11 is 0. The van der Waals surface area contributed by atoms with Gasteiger partial charge in [-0.2, -0.15) is 5.10 Å². The molecule has 0 aliphatic rings. The fourth-order valence-corrected chi connectivity index (χ4v) is 1.51. The molecule has 3 N–H and O–H groups in total. The van der Waals surface area contributed by atoms with Crippen molar-refractivity contribution in [1.29, 1.82) is 0 Å². The van der Waals surface area contributed by atoms with Crippen LogP contribution in [-0.2, 0) is 9.53 Å². The number of ether oxygens (including phenoxy) is 1. The molecule has 0 bridgehead atoms. The summed E-state index contributed by atoms with van der Waals surface area (Å²) in [5.41, 5.74) is 6.08. The number of rotatable bonds is 6. The quantitative estimate of drug-likeness (QED) is 0.716. The maximum absolute atomic E-state index is 12.1. The molecule has 1 aromatic rings. The fourth-order valence-electron chi connectivity index (χ4n) is 1.51. The van der Waals surface area contributed by atoms with Crippen LogP contribution >= 0.6 is 0 Å². The number of esters is 1. The average Bonchev–Trinajstić information content (AvgIpc) is 2.74. The number of aromatic amines is 1. The van der Waals surface area contributed by atoms with E-state index < -0.39 is 5.97 Å². The SMILES string of the molecule is CCCN(CC(=O)OCC)C(=O)c1[nH]ncc1N. The molecule has 0 spiro atoms. The largest absolute Gasteiger partial charge is 0.465 e. The van der Waals surface area contributed by atoms with E-state index in [9.17, 15) is 9.59 Å². The Hall–Kier alpha value is -2.05. The highest BCUT2D eigenvalue weighted by Gasteiger charge is 2.21. The van der Waals surface area contributed by atoms with E-state index in [1.165, 1.54) is 11.1 Å². The summed E-state index contributed by atoms with van der Waals surface area (Å²) in [5, 5.41) is 6.22. The van der Waals surface area contributed by atoms with Crippen LogP contribution in [0.2, 0.25) is 0 Å². The smallest absolute Gasteiger partial charge is 0.325 e. The Kier molecular flexibility index (Phi) is 5.16. The maximum Gasteiger partial charge on any atom is 0.325 e. The molecule has 0 saturated heterocycles. The molecule has 100 valence electrons. The predicted molar refractivity (Wildman–Crippen MR) is 65.8 cm³/mol. The zero-order valence-corrected chi connectivity index (χ0v) is 10.6. The molecule has 0 atom stereocenters. The first-order chi connectivity index (χ1) is 8.60. The third kappa shape index (κ3) is 3.47. The number of H-pyrrole nitrogens is 1. The lowest BCUT2D eigenvalue weighted by Gasteiger charge is -2.20. The second kappa shape index (κ2) is 6.63. The highest BCUT2D eigenvalue weighted by atomic mass is 16.5. The van der Waals surface area contributed by atoms with Crippen LogP contribution in [0, 0.1) is 0 Å². The minimum Gasteiger partial charge on any atom is -0.465 e. The van der Waals surface area contributed by atoms with Gasteiger partial charge in [0.25, 0.3) is 5.91 Å². The molecule has 0 unspecified atom stereocenters. The van der Waals surface area contributed by atoms with Crippen molar-refractivity contribution in [2.75, 3.05) is 25.4 Å². The molecule has 0 aromatic carbocycles. The van der Waals surface area contributed by atoms with Crippen LogP contribution in [0.3, 0.4) is 0 Å². The number of carbonyl (C=O) groups is 2. The molecule has 1 amide bonds. The van der Waals surface area contributed by atoms with Crippen molar-refractivity contribution in [3.8, 4) is 0 Å². The second-order valence-electron chi connectivity index (χ2n) is 3.73. The summed E-state index contributed by atoms with van der Waals surface area (Å²) in [6.07, 6.45) is 2.10. The lowest BCUT2D eigenvalue weighted by molar-refractivity contribution is -0.143. The second-order valence-corrected chi connectivity index (χ2v) is 3.73. The zero-order valence-electron chi connectivity index (χ0n) is 10.6. The number of nitrogens with two attached hydrogens (primary N) is 1. The van der Waals surface area contributed by atoms with Crippen molar-refractivity contribution in [3.63, 3.8) is 0 Å². The molecule has 0 fully saturated rings. The molecule has 1 aromatic heterocycles. The lowest BCUT2D eigenvalue weighted by Crippen LogP contribution is -2.37. The number of nitrogens with one attached hydrogen (secondary N) is 1. The molecule has 0 aliphatic carbocycles. The predicted octanol–water partition coefficient (Wildman–Crippen LogP) is 0.407. The van der Waals surface area contributed by atoms with E-state index in [1.807, 2.05) is 6.92 Å². The van der Waals surface area contributed by atoms with Gasteiger partial charge in [0, 0.05) is 6.54 Å². The topological polar surface area (TPSA) is 101 Å². The first-order valence-corrected chi connectivity index (χ1v) is 5.83. The summed E-state index contributed by atoms with van der Waals surface area (Å²) < 4.78 is 4.83. The van der Waals surface area contributed by atoms with Crippen molar-refractivity contribution in [1.82, 2.24) is 15.1 Å². The summed E-state index contributed by atoms with van der Waals surface area (Å²) in [6, 6.07) is 0. The van der Waals surface area contributed by atoms with Gasteiger partial charge in [0.05, 0.1) is 18.5 Å². The minimum atomic E-state index is -0.433. The molecular formula is C11H18N4O3. The van der Waals surface area contributed by atoms with Gasteiger partial charge in [-0.1, -0.05) is 6.92 Å². The summed E-state index contributed by atoms with van der Waals surface area (Å²) in [7, 11) is 0. The van der Waals surface area contributed by atoms with Gasteiger partial charge in [-0.05, 0) is 13.3 Å². The van der Waals surface area contributed by atoms with Gasteiger partial charge in [-0.15, -0.1) is 0 Å². The van der Waals surface area contributed by atoms with E-state index in [0.29, 0.717) is 13.2 Å². The normalized spacial score (nSPS) is 10.1. The number of nitrogen functional groups attached to an aromatic ring is 1. The van der Waals surface area contributed by atoms with Crippen molar-refractivity contribution < 1.29 is 14.3 Å². The van der Waals surface area contributed by atoms with E-state index >= 15 is 0 Å². The van der Waals surface area contributed by atoms with E-state index in [0.717, 1.165) is 6.42 Å². The first-order valence-electron chi connectivity index (χ1n) is 5.83. The number of amides is 1. The Balaban J connectivity index is 2.75. The van der Waals surface area contributed by atoms with Gasteiger partial charge in [-0.3, -0.25) is 14.7 Å². The highest BCUT2D eigenvalue weighted by molar-refractivity contribution is 5.98. The van der Waals surface area contributed by atoms with Crippen molar-refractivity contribution in [2.24, 2.45) is 0 Å². The molecule has 7 nitrogen and oxygen atoms in total. The summed E-state index contributed by atoms with van der Waals surface area (Å²) in [6.45, 7) is 4.30. The van der Waals surface area contributed by atoms with Crippen LogP contribution < -0.4 is 5.73 Å². The number of carbonyl (C=O) groups excluding carboxylic acids is 2. The van der Waals surface area contributed by atoms with Gasteiger partial charge in [0.1, 0.15) is 12.2 Å². The van der Waals surface area contributed by atoms with E-state index in [1.54, 1.807) is 6.92 Å². The molecular weight excluding hydrogens is 236 g/mol. The lowest BCUT2D eigenvalue weighted by atomic mass is 10.3. The minimum absolute atomic E-state index is 0.0844. The van der Waals surface area contributed by atoms with Crippen molar-refractivity contribution in [3.05, 3.63) is 11.9 Å². The average molecular weight is 254 g/mol. The monoisotopic (exact) mass is 254 g/mol. The number of aromatic nitrogens is 2. The molecule has 7 heteroatoms. The number of hydrogen-bond acceptors (Lipinski definition) is 5. The van der Waals surface area contributed by atoms with E-state index in [-0.39, 0.29) is 23.8 Å². The van der Waals surface area contributed by atoms with Gasteiger partial charge in [-0.25, -0.2) is 0 Å². The van der Waals surface area contributed by atoms with E-state index in [4.69, 9.17) is 10.5 Å². The van der Waals surface area contributed by atoms with Crippen LogP contribution in [0.25, 0.3) is 0 Å². The van der Waals surface area contributed by atoms with Crippen LogP contribution in [0.5, 0.6) is 0 Å². The summed E-state index contributed by atoms with van der Waals surface area (Å²) in [4.78, 5) is 24.9. The third-order valence-corrected chi connectivity index (χ3v) is 2.29. The van der Waals surface area contributed by atoms with E-state index in [2.05, 4.69) is 10.2 Å². The number of hydrogen-bond donors (Lipinski definition) is 2. The standard InChI is InChI=1S/C11H18N4O3/c1-3-5-15(7-9(16)18-4-2)11(17)10-8(12)6-13-14-10/h6H,3-5,7,12H2,1-2H3,(H,13,14). The third-order valence-electron chi connectivity index (χ3n) is 2.29. The zero-order chi connectivity index (χ0) is 13.5. The highest BCUT2D eigenvalue weighted by Crippen LogP contribution is 2.10. The Morgan fingerprint density at radius 1 is 1.50 bits per heavy atom. The molecule has 1 heterocycles. The molecule has 0 aliphatic heterocycles. The van der Waals surface area contributed by atoms with Crippen LogP contribution in [0.1, 0.15) is 30.8 Å². The maximum atomic E-state index is 12.1. The fraction of sp³-hybridized carbons (Fsp3) is 0.545. The van der Waals surface area contributed by atoms with Crippen LogP contribution in [-0.4, -0.2) is 46.7 Å². The van der Waals surface area contributed by atoms with Crippen LogP contribution in [0.15, 0.2) is 6.20 Å². The van der Waals surface area contributed by atoms with Gasteiger partial charge >= 0.3 is 5.97 Å². The van der Waals surface area contributed by atoms with Gasteiger partial charge in [0.15, 0.2) is 0 Å². The Bertz CT molecular complexity index is 416. The molecule has 0 saturated carbocycles. The van der Waals surface area contributed by atoms with Gasteiger partial charge < -0.3 is 15.4 Å². The molecule has 0 radical (unpaired) electrons. The van der Waals surface area contributed by atoms with Gasteiger partial charge in [0.2, 0.25) is 0 Å². The first kappa shape index (κ1) is 14.0. The number of anilines is 1. The van der Waals surface area contributed by atoms with Crippen molar-refractivity contribution >= 4 is 17.6 Å².